The molecule has 5 nitrogen and oxygen atoms in total. The second-order valence-corrected chi connectivity index (χ2v) is 7.48. The van der Waals surface area contributed by atoms with Crippen LogP contribution < -0.4 is 10.3 Å². The van der Waals surface area contributed by atoms with Crippen LogP contribution in [0.15, 0.2) is 83.7 Å². The second-order valence-electron chi connectivity index (χ2n) is 7.04. The van der Waals surface area contributed by atoms with E-state index >= 15 is 0 Å². The number of hydrogen-bond donors (Lipinski definition) is 0. The molecule has 0 fully saturated rings. The van der Waals surface area contributed by atoms with Crippen LogP contribution >= 0.6 is 11.6 Å². The van der Waals surface area contributed by atoms with E-state index in [9.17, 15) is 4.79 Å². The normalized spacial score (nSPS) is 11.3. The zero-order valence-electron chi connectivity index (χ0n) is 16.2. The number of rotatable bonds is 4. The smallest absolute Gasteiger partial charge is 0.260 e. The molecule has 0 bridgehead atoms. The standard InChI is InChI=1S/C24H18ClN3O2/c1-30-19-12-8-17(9-13-19)20-14-23(29)28-22-5-3-2-4-21(22)27(24(28)26-20)15-16-6-10-18(25)11-7-16/h2-14H,15H2,1H3. The van der Waals surface area contributed by atoms with E-state index < -0.39 is 0 Å². The largest absolute Gasteiger partial charge is 0.497 e. The first-order chi connectivity index (χ1) is 14.6. The predicted molar refractivity (Wildman–Crippen MR) is 120 cm³/mol. The summed E-state index contributed by atoms with van der Waals surface area (Å²) >= 11 is 6.04. The molecule has 0 spiro atoms. The van der Waals surface area contributed by atoms with Gasteiger partial charge in [-0.25, -0.2) is 9.38 Å². The molecule has 2 aromatic heterocycles. The molecule has 0 aliphatic heterocycles. The van der Waals surface area contributed by atoms with Crippen molar-refractivity contribution in [3.63, 3.8) is 0 Å². The highest BCUT2D eigenvalue weighted by Crippen LogP contribution is 2.24. The molecule has 6 heteroatoms. The SMILES string of the molecule is COc1ccc(-c2cc(=O)n3c4ccccc4n(Cc4ccc(Cl)cc4)c3n2)cc1. The quantitative estimate of drug-likeness (QED) is 0.414. The van der Waals surface area contributed by atoms with Crippen LogP contribution in [0.1, 0.15) is 5.56 Å². The fraction of sp³-hybridized carbons (Fsp3) is 0.0833. The van der Waals surface area contributed by atoms with Gasteiger partial charge in [-0.05, 0) is 54.1 Å². The van der Waals surface area contributed by atoms with Crippen molar-refractivity contribution >= 4 is 28.4 Å². The molecule has 0 aliphatic carbocycles. The lowest BCUT2D eigenvalue weighted by molar-refractivity contribution is 0.415. The Morgan fingerprint density at radius 1 is 0.933 bits per heavy atom. The van der Waals surface area contributed by atoms with E-state index in [0.29, 0.717) is 23.0 Å². The molecule has 30 heavy (non-hydrogen) atoms. The predicted octanol–water partition coefficient (Wildman–Crippen LogP) is 5.03. The minimum absolute atomic E-state index is 0.114. The summed E-state index contributed by atoms with van der Waals surface area (Å²) in [6.45, 7) is 0.576. The van der Waals surface area contributed by atoms with Crippen molar-refractivity contribution in [1.82, 2.24) is 14.0 Å². The molecule has 148 valence electrons. The van der Waals surface area contributed by atoms with E-state index in [4.69, 9.17) is 21.3 Å². The maximum Gasteiger partial charge on any atom is 0.260 e. The first-order valence-electron chi connectivity index (χ1n) is 9.54. The van der Waals surface area contributed by atoms with Crippen LogP contribution in [0, 0.1) is 0 Å². The molecule has 0 saturated heterocycles. The van der Waals surface area contributed by atoms with E-state index in [1.807, 2.05) is 72.8 Å². The second kappa shape index (κ2) is 7.35. The van der Waals surface area contributed by atoms with Gasteiger partial charge in [0.15, 0.2) is 0 Å². The van der Waals surface area contributed by atoms with Gasteiger partial charge < -0.3 is 9.30 Å². The highest BCUT2D eigenvalue weighted by molar-refractivity contribution is 6.30. The summed E-state index contributed by atoms with van der Waals surface area (Å²) in [6, 6.07) is 24.7. The van der Waals surface area contributed by atoms with Gasteiger partial charge in [-0.3, -0.25) is 4.79 Å². The maximum atomic E-state index is 13.1. The van der Waals surface area contributed by atoms with Crippen LogP contribution in [0.5, 0.6) is 5.75 Å². The first kappa shape index (κ1) is 18.5. The Bertz CT molecular complexity index is 1420. The van der Waals surface area contributed by atoms with Crippen molar-refractivity contribution in [2.24, 2.45) is 0 Å². The molecular weight excluding hydrogens is 398 g/mol. The lowest BCUT2D eigenvalue weighted by atomic mass is 10.1. The number of hydrogen-bond acceptors (Lipinski definition) is 3. The molecule has 0 unspecified atom stereocenters. The Labute approximate surface area is 177 Å². The molecule has 0 radical (unpaired) electrons. The molecule has 0 saturated carbocycles. The van der Waals surface area contributed by atoms with E-state index in [1.165, 1.54) is 0 Å². The van der Waals surface area contributed by atoms with E-state index in [2.05, 4.69) is 4.57 Å². The number of para-hydroxylation sites is 2. The molecule has 5 aromatic rings. The minimum atomic E-state index is -0.114. The zero-order chi connectivity index (χ0) is 20.7. The minimum Gasteiger partial charge on any atom is -0.497 e. The highest BCUT2D eigenvalue weighted by atomic mass is 35.5. The number of halogens is 1. The number of benzene rings is 3. The summed E-state index contributed by atoms with van der Waals surface area (Å²) in [5, 5.41) is 0.692. The Kier molecular flexibility index (Phi) is 4.52. The van der Waals surface area contributed by atoms with Crippen LogP contribution in [-0.2, 0) is 6.54 Å². The number of ether oxygens (including phenoxy) is 1. The maximum absolute atomic E-state index is 13.1. The number of aromatic nitrogens is 3. The van der Waals surface area contributed by atoms with Gasteiger partial charge in [-0.2, -0.15) is 0 Å². The first-order valence-corrected chi connectivity index (χ1v) is 9.92. The number of fused-ring (bicyclic) bond motifs is 3. The van der Waals surface area contributed by atoms with Crippen LogP contribution in [0.2, 0.25) is 5.02 Å². The van der Waals surface area contributed by atoms with Crippen molar-refractivity contribution in [2.45, 2.75) is 6.54 Å². The van der Waals surface area contributed by atoms with Crippen LogP contribution in [-0.4, -0.2) is 21.1 Å². The van der Waals surface area contributed by atoms with Gasteiger partial charge in [0.1, 0.15) is 5.75 Å². The van der Waals surface area contributed by atoms with Gasteiger partial charge in [-0.1, -0.05) is 35.9 Å². The van der Waals surface area contributed by atoms with Gasteiger partial charge in [0, 0.05) is 16.7 Å². The third kappa shape index (κ3) is 3.13. The van der Waals surface area contributed by atoms with Gasteiger partial charge in [0.2, 0.25) is 5.78 Å². The highest BCUT2D eigenvalue weighted by Gasteiger charge is 2.15. The van der Waals surface area contributed by atoms with Gasteiger partial charge in [-0.15, -0.1) is 0 Å². The summed E-state index contributed by atoms with van der Waals surface area (Å²) in [4.78, 5) is 18.0. The Morgan fingerprint density at radius 2 is 1.63 bits per heavy atom. The molecule has 2 heterocycles. The monoisotopic (exact) mass is 415 g/mol. The molecular formula is C24H18ClN3O2. The van der Waals surface area contributed by atoms with Crippen molar-refractivity contribution in [1.29, 1.82) is 0 Å². The summed E-state index contributed by atoms with van der Waals surface area (Å²) in [7, 11) is 1.63. The van der Waals surface area contributed by atoms with Crippen molar-refractivity contribution in [3.05, 3.63) is 99.8 Å². The Balaban J connectivity index is 1.74. The topological polar surface area (TPSA) is 48.5 Å². The lowest BCUT2D eigenvalue weighted by Gasteiger charge is -2.08. The molecule has 0 atom stereocenters. The van der Waals surface area contributed by atoms with Gasteiger partial charge in [0.05, 0.1) is 30.4 Å². The summed E-state index contributed by atoms with van der Waals surface area (Å²) < 4.78 is 8.96. The molecule has 0 N–H and O–H groups in total. The summed E-state index contributed by atoms with van der Waals surface area (Å²) in [5.41, 5.74) is 4.23. The Hall–Kier alpha value is -3.57. The van der Waals surface area contributed by atoms with Crippen LogP contribution in [0.3, 0.4) is 0 Å². The van der Waals surface area contributed by atoms with E-state index in [0.717, 1.165) is 27.9 Å². The molecule has 5 rings (SSSR count). The fourth-order valence-electron chi connectivity index (χ4n) is 3.70. The van der Waals surface area contributed by atoms with Crippen LogP contribution in [0.4, 0.5) is 0 Å². The fourth-order valence-corrected chi connectivity index (χ4v) is 3.83. The third-order valence-electron chi connectivity index (χ3n) is 5.20. The van der Waals surface area contributed by atoms with Crippen molar-refractivity contribution in [3.8, 4) is 17.0 Å². The van der Waals surface area contributed by atoms with Crippen molar-refractivity contribution < 1.29 is 4.74 Å². The average molecular weight is 416 g/mol. The number of methoxy groups -OCH3 is 1. The number of imidazole rings is 1. The summed E-state index contributed by atoms with van der Waals surface area (Å²) in [6.07, 6.45) is 0. The summed E-state index contributed by atoms with van der Waals surface area (Å²) in [5.74, 6) is 1.36. The van der Waals surface area contributed by atoms with Gasteiger partial charge in [0.25, 0.3) is 5.56 Å². The Morgan fingerprint density at radius 3 is 2.33 bits per heavy atom. The zero-order valence-corrected chi connectivity index (χ0v) is 17.0. The van der Waals surface area contributed by atoms with E-state index in [-0.39, 0.29) is 5.56 Å². The van der Waals surface area contributed by atoms with Gasteiger partial charge >= 0.3 is 0 Å². The average Bonchev–Trinajstić information content (AvgIpc) is 3.09. The number of nitrogens with zero attached hydrogens (tertiary/aromatic N) is 3. The van der Waals surface area contributed by atoms with Crippen LogP contribution in [0.25, 0.3) is 28.1 Å². The van der Waals surface area contributed by atoms with Crippen molar-refractivity contribution in [2.75, 3.05) is 7.11 Å². The molecule has 0 amide bonds. The van der Waals surface area contributed by atoms with E-state index in [1.54, 1.807) is 17.6 Å². The third-order valence-corrected chi connectivity index (χ3v) is 5.45. The molecule has 3 aromatic carbocycles. The lowest BCUT2D eigenvalue weighted by Crippen LogP contribution is -2.14. The molecule has 0 aliphatic rings.